The van der Waals surface area contributed by atoms with E-state index in [9.17, 15) is 18.0 Å². The van der Waals surface area contributed by atoms with Crippen molar-refractivity contribution < 1.29 is 18.0 Å². The van der Waals surface area contributed by atoms with Crippen LogP contribution in [0.5, 0.6) is 0 Å². The molecular weight excluding hydrogens is 522 g/mol. The Morgan fingerprint density at radius 1 is 0.895 bits per heavy atom. The van der Waals surface area contributed by atoms with Crippen molar-refractivity contribution in [2.45, 2.75) is 58.1 Å². The molecule has 38 heavy (non-hydrogen) atoms. The number of benzene rings is 3. The van der Waals surface area contributed by atoms with E-state index in [1.807, 2.05) is 27.7 Å². The van der Waals surface area contributed by atoms with Crippen LogP contribution in [0.3, 0.4) is 0 Å². The minimum absolute atomic E-state index is 0.0727. The second-order valence-corrected chi connectivity index (χ2v) is 11.9. The highest BCUT2D eigenvalue weighted by Crippen LogP contribution is 2.25. The van der Waals surface area contributed by atoms with Crippen LogP contribution >= 0.6 is 11.6 Å². The Labute approximate surface area is 230 Å². The van der Waals surface area contributed by atoms with Gasteiger partial charge < -0.3 is 10.2 Å². The molecule has 0 spiro atoms. The van der Waals surface area contributed by atoms with Gasteiger partial charge in [-0.3, -0.25) is 13.9 Å². The molecule has 0 aliphatic heterocycles. The highest BCUT2D eigenvalue weighted by atomic mass is 35.5. The van der Waals surface area contributed by atoms with Gasteiger partial charge in [0, 0.05) is 17.6 Å². The molecular formula is C29H34ClN3O4S. The van der Waals surface area contributed by atoms with Crippen molar-refractivity contribution in [3.8, 4) is 0 Å². The first-order chi connectivity index (χ1) is 17.9. The second kappa shape index (κ2) is 12.5. The SMILES string of the molecule is Cc1ccc(N(CC(=O)N(Cc2cccc(Cl)c2)[C@H](C)C(=O)NC(C)C)S(=O)(=O)c2ccc(C)cc2)cc1. The molecule has 0 aromatic heterocycles. The van der Waals surface area contributed by atoms with Crippen molar-refractivity contribution in [3.63, 3.8) is 0 Å². The second-order valence-electron chi connectivity index (χ2n) is 9.65. The number of carbonyl (C=O) groups excluding carboxylic acids is 2. The summed E-state index contributed by atoms with van der Waals surface area (Å²) < 4.78 is 28.7. The molecule has 0 aliphatic rings. The van der Waals surface area contributed by atoms with E-state index in [1.54, 1.807) is 67.6 Å². The molecule has 1 atom stereocenters. The average Bonchev–Trinajstić information content (AvgIpc) is 2.86. The van der Waals surface area contributed by atoms with Gasteiger partial charge in [-0.2, -0.15) is 0 Å². The van der Waals surface area contributed by atoms with Crippen LogP contribution in [0.4, 0.5) is 5.69 Å². The summed E-state index contributed by atoms with van der Waals surface area (Å²) in [5.41, 5.74) is 2.94. The Morgan fingerprint density at radius 2 is 1.47 bits per heavy atom. The monoisotopic (exact) mass is 555 g/mol. The van der Waals surface area contributed by atoms with Crippen molar-refractivity contribution in [1.82, 2.24) is 10.2 Å². The van der Waals surface area contributed by atoms with Crippen LogP contribution in [-0.4, -0.2) is 43.8 Å². The summed E-state index contributed by atoms with van der Waals surface area (Å²) in [7, 11) is -4.09. The number of rotatable bonds is 10. The maximum Gasteiger partial charge on any atom is 0.264 e. The fourth-order valence-electron chi connectivity index (χ4n) is 3.90. The third-order valence-corrected chi connectivity index (χ3v) is 8.07. The maximum atomic E-state index is 13.9. The van der Waals surface area contributed by atoms with E-state index in [-0.39, 0.29) is 23.4 Å². The first kappa shape index (κ1) is 29.2. The Balaban J connectivity index is 2.02. The summed E-state index contributed by atoms with van der Waals surface area (Å²) in [6.07, 6.45) is 0. The van der Waals surface area contributed by atoms with E-state index in [2.05, 4.69) is 5.32 Å². The summed E-state index contributed by atoms with van der Waals surface area (Å²) >= 11 is 6.16. The number of amides is 2. The third-order valence-electron chi connectivity index (χ3n) is 6.05. The van der Waals surface area contributed by atoms with Crippen molar-refractivity contribution >= 4 is 39.1 Å². The summed E-state index contributed by atoms with van der Waals surface area (Å²) in [6, 6.07) is 19.4. The number of hydrogen-bond acceptors (Lipinski definition) is 4. The highest BCUT2D eigenvalue weighted by Gasteiger charge is 2.32. The molecule has 0 saturated heterocycles. The molecule has 0 saturated carbocycles. The Bertz CT molecular complexity index is 1370. The van der Waals surface area contributed by atoms with Gasteiger partial charge in [0.25, 0.3) is 10.0 Å². The molecule has 0 fully saturated rings. The van der Waals surface area contributed by atoms with Crippen molar-refractivity contribution in [2.24, 2.45) is 0 Å². The quantitative estimate of drug-likeness (QED) is 0.377. The Morgan fingerprint density at radius 3 is 2.03 bits per heavy atom. The molecule has 9 heteroatoms. The van der Waals surface area contributed by atoms with Gasteiger partial charge in [0.2, 0.25) is 11.8 Å². The minimum Gasteiger partial charge on any atom is -0.352 e. The fraction of sp³-hybridized carbons (Fsp3) is 0.310. The third kappa shape index (κ3) is 7.36. The Hall–Kier alpha value is -3.36. The standard InChI is InChI=1S/C29H34ClN3O4S/c1-20(2)31-29(35)23(5)32(18-24-7-6-8-25(30)17-24)28(34)19-33(26-13-9-21(3)10-14-26)38(36,37)27-15-11-22(4)12-16-27/h6-17,20,23H,18-19H2,1-5H3,(H,31,35)/t23-/m1/s1. The number of hydrogen-bond donors (Lipinski definition) is 1. The summed E-state index contributed by atoms with van der Waals surface area (Å²) in [4.78, 5) is 28.2. The summed E-state index contributed by atoms with van der Waals surface area (Å²) in [6.45, 7) is 8.66. The number of aryl methyl sites for hydroxylation is 2. The molecule has 0 heterocycles. The first-order valence-corrected chi connectivity index (χ1v) is 14.2. The molecule has 2 amide bonds. The van der Waals surface area contributed by atoms with Gasteiger partial charge >= 0.3 is 0 Å². The number of sulfonamides is 1. The Kier molecular flexibility index (Phi) is 9.57. The molecule has 0 radical (unpaired) electrons. The topological polar surface area (TPSA) is 86.8 Å². The van der Waals surface area contributed by atoms with Crippen LogP contribution < -0.4 is 9.62 Å². The minimum atomic E-state index is -4.09. The zero-order valence-electron chi connectivity index (χ0n) is 22.3. The van der Waals surface area contributed by atoms with E-state index in [0.717, 1.165) is 21.0 Å². The van der Waals surface area contributed by atoms with Gasteiger partial charge in [-0.15, -0.1) is 0 Å². The van der Waals surface area contributed by atoms with Crippen LogP contribution in [-0.2, 0) is 26.2 Å². The van der Waals surface area contributed by atoms with Crippen LogP contribution in [0.1, 0.15) is 37.5 Å². The largest absolute Gasteiger partial charge is 0.352 e. The zero-order chi connectivity index (χ0) is 28.0. The average molecular weight is 556 g/mol. The van der Waals surface area contributed by atoms with Crippen molar-refractivity contribution in [1.29, 1.82) is 0 Å². The smallest absolute Gasteiger partial charge is 0.264 e. The number of carbonyl (C=O) groups is 2. The van der Waals surface area contributed by atoms with Gasteiger partial charge in [0.15, 0.2) is 0 Å². The lowest BCUT2D eigenvalue weighted by molar-refractivity contribution is -0.139. The molecule has 3 aromatic rings. The molecule has 0 unspecified atom stereocenters. The summed E-state index contributed by atoms with van der Waals surface area (Å²) in [5.74, 6) is -0.855. The van der Waals surface area contributed by atoms with Crippen LogP contribution in [0.25, 0.3) is 0 Å². The first-order valence-electron chi connectivity index (χ1n) is 12.4. The van der Waals surface area contributed by atoms with Gasteiger partial charge in [0.1, 0.15) is 12.6 Å². The van der Waals surface area contributed by atoms with Gasteiger partial charge in [0.05, 0.1) is 10.6 Å². The normalized spacial score (nSPS) is 12.2. The van der Waals surface area contributed by atoms with E-state index in [0.29, 0.717) is 10.7 Å². The molecule has 0 aliphatic carbocycles. The number of halogens is 1. The predicted molar refractivity (Wildman–Crippen MR) is 152 cm³/mol. The van der Waals surface area contributed by atoms with Gasteiger partial charge in [-0.1, -0.05) is 59.1 Å². The molecule has 3 rings (SSSR count). The summed E-state index contributed by atoms with van der Waals surface area (Å²) in [5, 5.41) is 3.33. The number of nitrogens with zero attached hydrogens (tertiary/aromatic N) is 2. The maximum absolute atomic E-state index is 13.9. The van der Waals surface area contributed by atoms with E-state index < -0.39 is 28.5 Å². The molecule has 0 bridgehead atoms. The predicted octanol–water partition coefficient (Wildman–Crippen LogP) is 5.09. The lowest BCUT2D eigenvalue weighted by Crippen LogP contribution is -2.52. The molecule has 3 aromatic carbocycles. The molecule has 1 N–H and O–H groups in total. The number of anilines is 1. The van der Waals surface area contributed by atoms with Crippen LogP contribution in [0, 0.1) is 13.8 Å². The van der Waals surface area contributed by atoms with Gasteiger partial charge in [-0.05, 0) is 76.6 Å². The lowest BCUT2D eigenvalue weighted by Gasteiger charge is -2.32. The zero-order valence-corrected chi connectivity index (χ0v) is 23.9. The molecule has 7 nitrogen and oxygen atoms in total. The number of nitrogens with one attached hydrogen (secondary N) is 1. The van der Waals surface area contributed by atoms with E-state index in [4.69, 9.17) is 11.6 Å². The van der Waals surface area contributed by atoms with E-state index in [1.165, 1.54) is 17.0 Å². The lowest BCUT2D eigenvalue weighted by atomic mass is 10.1. The van der Waals surface area contributed by atoms with Crippen molar-refractivity contribution in [3.05, 3.63) is 94.5 Å². The highest BCUT2D eigenvalue weighted by molar-refractivity contribution is 7.92. The fourth-order valence-corrected chi connectivity index (χ4v) is 5.52. The van der Waals surface area contributed by atoms with Crippen LogP contribution in [0.15, 0.2) is 77.7 Å². The van der Waals surface area contributed by atoms with E-state index >= 15 is 0 Å². The molecule has 202 valence electrons. The van der Waals surface area contributed by atoms with Gasteiger partial charge in [-0.25, -0.2) is 8.42 Å². The van der Waals surface area contributed by atoms with Crippen molar-refractivity contribution in [2.75, 3.05) is 10.8 Å². The van der Waals surface area contributed by atoms with Crippen LogP contribution in [0.2, 0.25) is 5.02 Å².